The zero-order valence-electron chi connectivity index (χ0n) is 60.0. The van der Waals surface area contributed by atoms with E-state index < -0.39 is 136 Å². The number of unbranched alkanes of at least 4 members (excludes halogenated alkanes) is 1. The van der Waals surface area contributed by atoms with Crippen LogP contribution in [-0.4, -0.2) is 339 Å². The van der Waals surface area contributed by atoms with E-state index in [9.17, 15) is 70.2 Å². The van der Waals surface area contributed by atoms with Gasteiger partial charge in [-0.1, -0.05) is 61.8 Å². The molecular weight excluding hydrogens is 1450 g/mol. The third-order valence-corrected chi connectivity index (χ3v) is 19.5. The van der Waals surface area contributed by atoms with Crippen LogP contribution in [-0.2, 0) is 101 Å². The molecule has 43 heteroatoms. The van der Waals surface area contributed by atoms with E-state index in [2.05, 4.69) is 62.2 Å². The van der Waals surface area contributed by atoms with Crippen LogP contribution in [0.2, 0.25) is 0 Å². The van der Waals surface area contributed by atoms with Crippen molar-refractivity contribution >= 4 is 45.2 Å². The summed E-state index contributed by atoms with van der Waals surface area (Å²) < 4.78 is 56.4. The smallest absolute Gasteiger partial charge is 0.237 e. The fourth-order valence-electron chi connectivity index (χ4n) is 11.7. The lowest BCUT2D eigenvalue weighted by Gasteiger charge is -2.42. The van der Waals surface area contributed by atoms with Crippen LogP contribution in [0.4, 0.5) is 0 Å². The van der Waals surface area contributed by atoms with Crippen molar-refractivity contribution in [3.8, 4) is 0 Å². The molecule has 7 rings (SSSR count). The van der Waals surface area contributed by atoms with Crippen LogP contribution in [0, 0.1) is 5.53 Å². The van der Waals surface area contributed by atoms with Crippen molar-refractivity contribution < 1.29 is 113 Å². The maximum atomic E-state index is 14.8. The largest absolute Gasteiger partial charge is 0.400 e. The number of hydrogen-bond donors (Lipinski definition) is 16. The zero-order valence-corrected chi connectivity index (χ0v) is 61.6. The number of aliphatic hydroxyl groups is 10. The summed E-state index contributed by atoms with van der Waals surface area (Å²) >= 11 is 0. The first-order chi connectivity index (χ1) is 51.6. The second-order valence-electron chi connectivity index (χ2n) is 25.4. The highest BCUT2D eigenvalue weighted by atomic mass is 33.1. The van der Waals surface area contributed by atoms with Crippen LogP contribution in [0.1, 0.15) is 63.5 Å². The molecule has 3 fully saturated rings. The first-order valence-electron chi connectivity index (χ1n) is 35.1. The number of nitrogens with one attached hydrogen (secondary N) is 5. The van der Waals surface area contributed by atoms with E-state index in [0.717, 1.165) is 4.90 Å². The minimum absolute atomic E-state index is 0.0208. The molecule has 1 aromatic carbocycles. The number of nitrogens with zero attached hydrogens (tertiary/aromatic N) is 12. The summed E-state index contributed by atoms with van der Waals surface area (Å²) in [6, 6.07) is 5.56. The van der Waals surface area contributed by atoms with E-state index in [1.807, 2.05) is 35.2 Å². The molecular formula is C64H104N18O23S2. The Morgan fingerprint density at radius 2 is 1.04 bits per heavy atom. The lowest BCUT2D eigenvalue weighted by atomic mass is 9.97. The molecule has 4 aromatic rings. The van der Waals surface area contributed by atoms with Crippen LogP contribution in [0.25, 0.3) is 0 Å². The van der Waals surface area contributed by atoms with Gasteiger partial charge in [0.25, 0.3) is 0 Å². The number of amides is 4. The predicted octanol–water partition coefficient (Wildman–Crippen LogP) is -5.42. The van der Waals surface area contributed by atoms with Gasteiger partial charge in [-0.15, -0.1) is 15.3 Å². The Kier molecular flexibility index (Phi) is 38.5. The molecule has 0 aliphatic carbocycles. The highest BCUT2D eigenvalue weighted by molar-refractivity contribution is 8.76. The number of hydrogen-bond acceptors (Lipinski definition) is 36. The van der Waals surface area contributed by atoms with Gasteiger partial charge >= 0.3 is 0 Å². The summed E-state index contributed by atoms with van der Waals surface area (Å²) in [5.41, 5.74) is 17.0. The Bertz CT molecular complexity index is 3200. The summed E-state index contributed by atoms with van der Waals surface area (Å²) in [7, 11) is 3.15. The number of nitrogens with two attached hydrogens (primary N) is 1. The molecule has 17 N–H and O–H groups in total. The van der Waals surface area contributed by atoms with Crippen molar-refractivity contribution in [2.24, 2.45) is 10.8 Å². The van der Waals surface area contributed by atoms with Crippen molar-refractivity contribution in [1.29, 1.82) is 5.53 Å². The Morgan fingerprint density at radius 1 is 0.598 bits per heavy atom. The summed E-state index contributed by atoms with van der Waals surface area (Å²) in [6.45, 7) is 3.93. The van der Waals surface area contributed by atoms with Crippen LogP contribution >= 0.6 is 21.6 Å². The summed E-state index contributed by atoms with van der Waals surface area (Å²) in [5, 5.41) is 143. The Morgan fingerprint density at radius 3 is 1.47 bits per heavy atom. The number of benzene rings is 1. The van der Waals surface area contributed by atoms with E-state index in [1.54, 1.807) is 49.5 Å². The molecule has 15 unspecified atom stereocenters. The standard InChI is InChI=1S/C64H104N18O23S2/c1-39(87)68-52-58(93)55(90)49(36-84)103-62(52)100-25-22-97-19-12-46(65)47(71-66)35-79(31-44-34-80(15-18-83)75-74-44)48(61(96)67-13-28-106-107-45-9-5-4-6-10-45)11-7-8-14-78(29-42-32-81(76-72-42)16-20-98-23-26-101-63-53(69-40(2)88)59(94)56(91)50(37-85)104-63)30-43-33-82(77-73-43)17-21-99-24-27-102-64-54(70-41(3)89)60(95)57(92)51(38-86)105-64/h4-6,9-10,32-34,48-60,62-64,66,83-86,90-95H,7-8,11-31,35-38,65H2,1-3H3,(H,67,96)(H,68,87)(H,69,88)(H,70,89)/b47-46+,71-66?/t48-,49?,50?,51?,52?,53?,54?,55?,56?,57?,58?,59?,60?,62?,63?,64?/m1/s1. The molecule has 3 aliphatic heterocycles. The number of ether oxygens (including phenoxy) is 9. The molecule has 0 spiro atoms. The monoisotopic (exact) mass is 1560 g/mol. The van der Waals surface area contributed by atoms with E-state index in [1.165, 1.54) is 25.5 Å². The summed E-state index contributed by atoms with van der Waals surface area (Å²) in [6.07, 6.45) is -9.42. The third kappa shape index (κ3) is 28.7. The van der Waals surface area contributed by atoms with Crippen LogP contribution in [0.3, 0.4) is 0 Å². The average molecular weight is 1560 g/mol. The van der Waals surface area contributed by atoms with Crippen molar-refractivity contribution in [2.45, 2.75) is 189 Å². The molecule has 0 bridgehead atoms. The normalized spacial score (nSPS) is 25.2. The van der Waals surface area contributed by atoms with E-state index in [-0.39, 0.29) is 142 Å². The molecule has 0 saturated carbocycles. The van der Waals surface area contributed by atoms with Crippen molar-refractivity contribution in [3.05, 3.63) is 77.4 Å². The van der Waals surface area contributed by atoms with Crippen molar-refractivity contribution in [1.82, 2.24) is 76.0 Å². The summed E-state index contributed by atoms with van der Waals surface area (Å²) in [5.74, 6) is -1.25. The van der Waals surface area contributed by atoms with Crippen LogP contribution < -0.4 is 27.0 Å². The first kappa shape index (κ1) is 87.7. The van der Waals surface area contributed by atoms with Gasteiger partial charge in [0.05, 0.1) is 134 Å². The first-order valence-corrected chi connectivity index (χ1v) is 37.4. The third-order valence-electron chi connectivity index (χ3n) is 17.1. The van der Waals surface area contributed by atoms with Gasteiger partial charge in [-0.2, -0.15) is 5.11 Å². The Balaban J connectivity index is 1.03. The molecule has 4 amide bonds. The maximum Gasteiger partial charge on any atom is 0.237 e. The van der Waals surface area contributed by atoms with E-state index in [4.69, 9.17) is 53.9 Å². The van der Waals surface area contributed by atoms with Crippen molar-refractivity contribution in [3.63, 3.8) is 0 Å². The molecule has 600 valence electrons. The van der Waals surface area contributed by atoms with Gasteiger partial charge in [0.15, 0.2) is 18.9 Å². The molecule has 0 radical (unpaired) electrons. The number of aromatic nitrogens is 9. The number of rotatable bonds is 50. The van der Waals surface area contributed by atoms with E-state index in [0.29, 0.717) is 48.8 Å². The zero-order chi connectivity index (χ0) is 77.2. The second kappa shape index (κ2) is 46.9. The van der Waals surface area contributed by atoms with Crippen LogP contribution in [0.5, 0.6) is 0 Å². The Labute approximate surface area is 625 Å². The van der Waals surface area contributed by atoms with Gasteiger partial charge in [0, 0.05) is 94.9 Å². The molecule has 107 heavy (non-hydrogen) atoms. The number of aliphatic hydroxyl groups excluding tert-OH is 10. The molecule has 3 aromatic heterocycles. The van der Waals surface area contributed by atoms with E-state index >= 15 is 0 Å². The van der Waals surface area contributed by atoms with Gasteiger partial charge < -0.3 is 121 Å². The molecule has 3 saturated heterocycles. The molecule has 41 nitrogen and oxygen atoms in total. The predicted molar refractivity (Wildman–Crippen MR) is 374 cm³/mol. The Hall–Kier alpha value is -6.48. The van der Waals surface area contributed by atoms with Gasteiger partial charge in [-0.3, -0.25) is 29.0 Å². The van der Waals surface area contributed by atoms with Gasteiger partial charge in [-0.05, 0) is 31.5 Å². The summed E-state index contributed by atoms with van der Waals surface area (Å²) in [4.78, 5) is 55.5. The minimum Gasteiger partial charge on any atom is -0.400 e. The topological polar surface area (TPSA) is 563 Å². The average Bonchev–Trinajstić information content (AvgIpc) is 0.849. The molecule has 16 atom stereocenters. The van der Waals surface area contributed by atoms with Gasteiger partial charge in [0.2, 0.25) is 23.6 Å². The molecule has 6 heterocycles. The van der Waals surface area contributed by atoms with Gasteiger partial charge in [-0.25, -0.2) is 19.6 Å². The molecule has 3 aliphatic rings. The minimum atomic E-state index is -1.50. The quantitative estimate of drug-likeness (QED) is 0.0111. The number of carbonyl (C=O) groups is 4. The number of carbonyl (C=O) groups excluding carboxylic acids is 4. The van der Waals surface area contributed by atoms with Crippen molar-refractivity contribution in [2.75, 3.05) is 111 Å². The lowest BCUT2D eigenvalue weighted by molar-refractivity contribution is -0.272. The fraction of sp³-hybridized carbons (Fsp3) is 0.719. The fourth-order valence-corrected chi connectivity index (χ4v) is 13.7. The van der Waals surface area contributed by atoms with Crippen LogP contribution in [0.15, 0.2) is 70.3 Å². The highest BCUT2D eigenvalue weighted by Gasteiger charge is 2.48. The maximum absolute atomic E-state index is 14.8. The lowest BCUT2D eigenvalue weighted by Crippen LogP contribution is -2.64. The highest BCUT2D eigenvalue weighted by Crippen LogP contribution is 2.31. The SMILES string of the molecule is CC(=O)NC1C(OCCOCC/C(N)=C(/CN(Cc2cn(CCO)nn2)[C@H](CCCCN(Cc2cn(CCOCCOC3OC(CO)C(O)C(O)C3NC(C)=O)nn2)Cc2cn(CCOCCOC3OC(CO)C(O)C(O)C3NC(C)=O)nn2)C(=O)NCCSSc2ccccc2)N=N)OC(CO)C(O)C1O. The second-order valence-corrected chi connectivity index (χ2v) is 27.9. The van der Waals surface area contributed by atoms with Gasteiger partial charge in [0.1, 0.15) is 73.1 Å².